The third-order valence-corrected chi connectivity index (χ3v) is 3.45. The maximum absolute atomic E-state index is 12.4. The number of ether oxygens (including phenoxy) is 1. The number of halogens is 3. The number of aromatic nitrogens is 1. The van der Waals surface area contributed by atoms with Gasteiger partial charge in [-0.3, -0.25) is 5.32 Å². The van der Waals surface area contributed by atoms with Gasteiger partial charge in [0, 0.05) is 11.1 Å². The average Bonchev–Trinajstić information content (AvgIpc) is 2.89. The normalized spacial score (nSPS) is 11.1. The van der Waals surface area contributed by atoms with Crippen LogP contribution in [0, 0.1) is 6.92 Å². The van der Waals surface area contributed by atoms with E-state index >= 15 is 0 Å². The van der Waals surface area contributed by atoms with Gasteiger partial charge in [0.1, 0.15) is 5.75 Å². The summed E-state index contributed by atoms with van der Waals surface area (Å²) in [6.07, 6.45) is -4.53. The van der Waals surface area contributed by atoms with E-state index in [4.69, 9.17) is 4.74 Å². The van der Waals surface area contributed by atoms with Crippen LogP contribution in [0.5, 0.6) is 5.75 Å². The van der Waals surface area contributed by atoms with Crippen LogP contribution in [0.1, 0.15) is 11.3 Å². The third-order valence-electron chi connectivity index (χ3n) is 2.70. The number of hydrogen-bond donors (Lipinski definition) is 2. The van der Waals surface area contributed by atoms with E-state index in [1.807, 2.05) is 0 Å². The van der Waals surface area contributed by atoms with Crippen molar-refractivity contribution in [2.45, 2.75) is 13.1 Å². The predicted octanol–water partition coefficient (Wildman–Crippen LogP) is 4.12. The first-order valence-corrected chi connectivity index (χ1v) is 6.93. The second-order valence-corrected chi connectivity index (χ2v) is 5.15. The highest BCUT2D eigenvalue weighted by Gasteiger charge is 2.33. The molecule has 1 aromatic carbocycles. The number of carbonyl (C=O) groups excluding carboxylic acids is 1. The molecule has 0 spiro atoms. The number of aryl methyl sites for hydroxylation is 1. The van der Waals surface area contributed by atoms with Crippen LogP contribution in [0.3, 0.4) is 0 Å². The standard InChI is InChI=1S/C13H12F3N3O2S/c1-7-5-8(21-2)3-4-9(7)17-11(20)19-12-18-10(6-22-12)13(14,15)16/h3-6H,1-2H3,(H2,17,18,19,20). The van der Waals surface area contributed by atoms with Crippen molar-refractivity contribution in [3.8, 4) is 5.75 Å². The van der Waals surface area contributed by atoms with Crippen molar-refractivity contribution in [1.29, 1.82) is 0 Å². The van der Waals surface area contributed by atoms with Gasteiger partial charge >= 0.3 is 12.2 Å². The van der Waals surface area contributed by atoms with E-state index in [9.17, 15) is 18.0 Å². The molecule has 0 aliphatic rings. The molecule has 5 nitrogen and oxygen atoms in total. The quantitative estimate of drug-likeness (QED) is 0.889. The summed E-state index contributed by atoms with van der Waals surface area (Å²) in [5.74, 6) is 0.637. The monoisotopic (exact) mass is 331 g/mol. The van der Waals surface area contributed by atoms with Crippen LogP contribution in [-0.4, -0.2) is 18.1 Å². The Kier molecular flexibility index (Phi) is 4.55. The van der Waals surface area contributed by atoms with Gasteiger partial charge in [0.15, 0.2) is 10.8 Å². The predicted molar refractivity (Wildman–Crippen MR) is 77.5 cm³/mol. The molecule has 0 bridgehead atoms. The first-order chi connectivity index (χ1) is 10.3. The van der Waals surface area contributed by atoms with Gasteiger partial charge in [0.05, 0.1) is 7.11 Å². The van der Waals surface area contributed by atoms with Crippen LogP contribution in [0.2, 0.25) is 0 Å². The van der Waals surface area contributed by atoms with Gasteiger partial charge in [-0.25, -0.2) is 9.78 Å². The Labute approximate surface area is 128 Å². The molecular weight excluding hydrogens is 319 g/mol. The number of amides is 2. The number of nitrogens with one attached hydrogen (secondary N) is 2. The van der Waals surface area contributed by atoms with Gasteiger partial charge in [-0.15, -0.1) is 11.3 Å². The number of nitrogens with zero attached hydrogens (tertiary/aromatic N) is 1. The van der Waals surface area contributed by atoms with E-state index in [2.05, 4.69) is 15.6 Å². The van der Waals surface area contributed by atoms with Crippen molar-refractivity contribution >= 4 is 28.2 Å². The van der Waals surface area contributed by atoms with Crippen molar-refractivity contribution in [1.82, 2.24) is 4.98 Å². The number of rotatable bonds is 3. The summed E-state index contributed by atoms with van der Waals surface area (Å²) in [7, 11) is 1.52. The summed E-state index contributed by atoms with van der Waals surface area (Å²) in [6, 6.07) is 4.35. The Morgan fingerprint density at radius 3 is 2.59 bits per heavy atom. The molecular formula is C13H12F3N3O2S. The molecule has 0 unspecified atom stereocenters. The minimum atomic E-state index is -4.53. The van der Waals surface area contributed by atoms with Crippen LogP contribution in [-0.2, 0) is 6.18 Å². The van der Waals surface area contributed by atoms with Gasteiger partial charge in [-0.05, 0) is 30.7 Å². The third kappa shape index (κ3) is 3.88. The summed E-state index contributed by atoms with van der Waals surface area (Å²) in [5, 5.41) is 5.52. The molecule has 1 heterocycles. The lowest BCUT2D eigenvalue weighted by Crippen LogP contribution is -2.20. The fraction of sp³-hybridized carbons (Fsp3) is 0.231. The van der Waals surface area contributed by atoms with Crippen LogP contribution >= 0.6 is 11.3 Å². The second kappa shape index (κ2) is 6.22. The molecule has 0 saturated carbocycles. The lowest BCUT2D eigenvalue weighted by atomic mass is 10.2. The maximum atomic E-state index is 12.4. The Morgan fingerprint density at radius 2 is 2.05 bits per heavy atom. The molecule has 118 valence electrons. The lowest BCUT2D eigenvalue weighted by Gasteiger charge is -2.10. The van der Waals surface area contributed by atoms with Gasteiger partial charge in [-0.1, -0.05) is 0 Å². The summed E-state index contributed by atoms with van der Waals surface area (Å²) in [4.78, 5) is 15.1. The van der Waals surface area contributed by atoms with Gasteiger partial charge in [0.25, 0.3) is 0 Å². The summed E-state index contributed by atoms with van der Waals surface area (Å²) in [6.45, 7) is 1.77. The van der Waals surface area contributed by atoms with Crippen LogP contribution in [0.25, 0.3) is 0 Å². The van der Waals surface area contributed by atoms with E-state index in [0.29, 0.717) is 22.8 Å². The number of urea groups is 1. The van der Waals surface area contributed by atoms with Crippen molar-refractivity contribution in [3.05, 3.63) is 34.8 Å². The molecule has 0 atom stereocenters. The van der Waals surface area contributed by atoms with E-state index < -0.39 is 17.9 Å². The Bertz CT molecular complexity index is 685. The summed E-state index contributed by atoms with van der Waals surface area (Å²) < 4.78 is 42.3. The minimum Gasteiger partial charge on any atom is -0.497 e. The molecule has 2 rings (SSSR count). The Balaban J connectivity index is 2.03. The number of benzene rings is 1. The zero-order valence-electron chi connectivity index (χ0n) is 11.6. The van der Waals surface area contributed by atoms with Crippen LogP contribution < -0.4 is 15.4 Å². The molecule has 2 amide bonds. The van der Waals surface area contributed by atoms with E-state index in [1.54, 1.807) is 25.1 Å². The Morgan fingerprint density at radius 1 is 1.32 bits per heavy atom. The molecule has 9 heteroatoms. The fourth-order valence-corrected chi connectivity index (χ4v) is 2.33. The molecule has 2 aromatic rings. The minimum absolute atomic E-state index is 0.129. The van der Waals surface area contributed by atoms with E-state index in [1.165, 1.54) is 7.11 Å². The molecule has 0 aliphatic carbocycles. The number of anilines is 2. The molecule has 0 radical (unpaired) electrons. The first-order valence-electron chi connectivity index (χ1n) is 6.05. The van der Waals surface area contributed by atoms with Gasteiger partial charge in [-0.2, -0.15) is 13.2 Å². The SMILES string of the molecule is COc1ccc(NC(=O)Nc2nc(C(F)(F)F)cs2)c(C)c1. The highest BCUT2D eigenvalue weighted by atomic mass is 32.1. The largest absolute Gasteiger partial charge is 0.497 e. The number of alkyl halides is 3. The number of carbonyl (C=O) groups is 1. The molecule has 1 aromatic heterocycles. The summed E-state index contributed by atoms with van der Waals surface area (Å²) in [5.41, 5.74) is 0.240. The van der Waals surface area contributed by atoms with Crippen LogP contribution in [0.4, 0.5) is 28.8 Å². The second-order valence-electron chi connectivity index (χ2n) is 4.30. The molecule has 22 heavy (non-hydrogen) atoms. The maximum Gasteiger partial charge on any atom is 0.434 e. The highest BCUT2D eigenvalue weighted by molar-refractivity contribution is 7.13. The molecule has 0 saturated heterocycles. The van der Waals surface area contributed by atoms with Crippen molar-refractivity contribution in [2.24, 2.45) is 0 Å². The van der Waals surface area contributed by atoms with Crippen molar-refractivity contribution < 1.29 is 22.7 Å². The van der Waals surface area contributed by atoms with E-state index in [-0.39, 0.29) is 5.13 Å². The fourth-order valence-electron chi connectivity index (χ4n) is 1.62. The molecule has 0 aliphatic heterocycles. The number of hydrogen-bond acceptors (Lipinski definition) is 4. The van der Waals surface area contributed by atoms with Crippen LogP contribution in [0.15, 0.2) is 23.6 Å². The van der Waals surface area contributed by atoms with Crippen molar-refractivity contribution in [2.75, 3.05) is 17.7 Å². The zero-order valence-corrected chi connectivity index (χ0v) is 12.4. The number of thiazole rings is 1. The zero-order chi connectivity index (χ0) is 16.3. The Hall–Kier alpha value is -2.29. The van der Waals surface area contributed by atoms with Gasteiger partial charge in [0.2, 0.25) is 0 Å². The highest BCUT2D eigenvalue weighted by Crippen LogP contribution is 2.31. The smallest absolute Gasteiger partial charge is 0.434 e. The summed E-state index contributed by atoms with van der Waals surface area (Å²) >= 11 is 0.703. The molecule has 0 fully saturated rings. The van der Waals surface area contributed by atoms with E-state index in [0.717, 1.165) is 10.9 Å². The first kappa shape index (κ1) is 16.1. The van der Waals surface area contributed by atoms with Gasteiger partial charge < -0.3 is 10.1 Å². The topological polar surface area (TPSA) is 63.2 Å². The van der Waals surface area contributed by atoms with Crippen molar-refractivity contribution in [3.63, 3.8) is 0 Å². The average molecular weight is 331 g/mol. The number of methoxy groups -OCH3 is 1. The lowest BCUT2D eigenvalue weighted by molar-refractivity contribution is -0.140. The molecule has 2 N–H and O–H groups in total.